The van der Waals surface area contributed by atoms with Gasteiger partial charge >= 0.3 is 0 Å². The van der Waals surface area contributed by atoms with E-state index in [-0.39, 0.29) is 12.3 Å². The number of nitrogens with one attached hydrogen (secondary N) is 1. The van der Waals surface area contributed by atoms with Crippen molar-refractivity contribution in [3.8, 4) is 11.5 Å². The quantitative estimate of drug-likeness (QED) is 0.678. The lowest BCUT2D eigenvalue weighted by Crippen LogP contribution is -2.20. The van der Waals surface area contributed by atoms with Crippen LogP contribution < -0.4 is 14.9 Å². The van der Waals surface area contributed by atoms with Crippen molar-refractivity contribution in [1.29, 1.82) is 0 Å². The molecule has 0 bridgehead atoms. The minimum atomic E-state index is -0.227. The lowest BCUT2D eigenvalue weighted by molar-refractivity contribution is -0.120. The summed E-state index contributed by atoms with van der Waals surface area (Å²) in [5.74, 6) is 0.891. The summed E-state index contributed by atoms with van der Waals surface area (Å²) in [6.45, 7) is 2.86. The molecule has 0 aliphatic carbocycles. The highest BCUT2D eigenvalue weighted by molar-refractivity contribution is 7.09. The molecule has 1 aromatic carbocycles. The molecule has 1 amide bonds. The summed E-state index contributed by atoms with van der Waals surface area (Å²) in [5.41, 5.74) is 3.92. The summed E-state index contributed by atoms with van der Waals surface area (Å²) >= 11 is 7.65. The number of carbonyl (C=O) groups is 1. The van der Waals surface area contributed by atoms with Gasteiger partial charge < -0.3 is 9.47 Å². The molecule has 120 valence electrons. The van der Waals surface area contributed by atoms with Gasteiger partial charge in [-0.2, -0.15) is 5.10 Å². The fraction of sp³-hybridized carbons (Fsp3) is 0.267. The zero-order chi connectivity index (χ0) is 16.2. The van der Waals surface area contributed by atoms with E-state index in [1.54, 1.807) is 12.1 Å². The summed E-state index contributed by atoms with van der Waals surface area (Å²) in [4.78, 5) is 16.0. The normalized spacial score (nSPS) is 13.3. The minimum absolute atomic E-state index is 0.198. The third-order valence-electron chi connectivity index (χ3n) is 3.03. The third kappa shape index (κ3) is 4.00. The Morgan fingerprint density at radius 3 is 3.09 bits per heavy atom. The molecule has 0 fully saturated rings. The van der Waals surface area contributed by atoms with Gasteiger partial charge in [-0.1, -0.05) is 11.6 Å². The fourth-order valence-corrected chi connectivity index (χ4v) is 2.96. The summed E-state index contributed by atoms with van der Waals surface area (Å²) in [6, 6.07) is 3.47. The van der Waals surface area contributed by atoms with Crippen LogP contribution in [-0.4, -0.2) is 30.3 Å². The van der Waals surface area contributed by atoms with Crippen molar-refractivity contribution in [3.63, 3.8) is 0 Å². The lowest BCUT2D eigenvalue weighted by atomic mass is 10.2. The van der Waals surface area contributed by atoms with Crippen LogP contribution in [0, 0.1) is 6.92 Å². The van der Waals surface area contributed by atoms with Gasteiger partial charge in [-0.05, 0) is 24.6 Å². The zero-order valence-electron chi connectivity index (χ0n) is 12.3. The molecule has 0 unspecified atom stereocenters. The van der Waals surface area contributed by atoms with Crippen molar-refractivity contribution in [2.24, 2.45) is 5.10 Å². The van der Waals surface area contributed by atoms with Crippen LogP contribution in [0.2, 0.25) is 5.02 Å². The van der Waals surface area contributed by atoms with E-state index in [1.165, 1.54) is 17.6 Å². The molecule has 0 atom stereocenters. The maximum Gasteiger partial charge on any atom is 0.246 e. The van der Waals surface area contributed by atoms with E-state index in [4.69, 9.17) is 21.1 Å². The molecule has 1 aromatic heterocycles. The molecule has 3 rings (SSSR count). The molecular weight excluding hydrogens is 338 g/mol. The Hall–Kier alpha value is -2.12. The average molecular weight is 352 g/mol. The highest BCUT2D eigenvalue weighted by Crippen LogP contribution is 2.37. The number of hydrogen-bond acceptors (Lipinski definition) is 6. The van der Waals surface area contributed by atoms with Crippen LogP contribution in [0.4, 0.5) is 0 Å². The van der Waals surface area contributed by atoms with Crippen molar-refractivity contribution in [2.45, 2.75) is 13.3 Å². The highest BCUT2D eigenvalue weighted by atomic mass is 35.5. The second-order valence-corrected chi connectivity index (χ2v) is 6.32. The Kier molecular flexibility index (Phi) is 4.78. The van der Waals surface area contributed by atoms with Gasteiger partial charge in [0.05, 0.1) is 28.4 Å². The number of hydrazone groups is 1. The van der Waals surface area contributed by atoms with Gasteiger partial charge in [0.2, 0.25) is 5.91 Å². The number of aromatic nitrogens is 1. The van der Waals surface area contributed by atoms with E-state index in [1.807, 2.05) is 12.3 Å². The number of fused-ring (bicyclic) bond motifs is 1. The first-order valence-electron chi connectivity index (χ1n) is 6.94. The van der Waals surface area contributed by atoms with E-state index in [9.17, 15) is 4.79 Å². The number of ether oxygens (including phenoxy) is 2. The number of thiazole rings is 1. The Morgan fingerprint density at radius 2 is 2.30 bits per heavy atom. The van der Waals surface area contributed by atoms with Crippen molar-refractivity contribution >= 4 is 35.1 Å². The molecule has 1 aliphatic heterocycles. The van der Waals surface area contributed by atoms with E-state index in [0.29, 0.717) is 35.3 Å². The average Bonchev–Trinajstić information content (AvgIpc) is 2.92. The van der Waals surface area contributed by atoms with Crippen LogP contribution >= 0.6 is 22.9 Å². The van der Waals surface area contributed by atoms with Crippen molar-refractivity contribution in [1.82, 2.24) is 10.4 Å². The Bertz CT molecular complexity index is 760. The molecule has 0 saturated heterocycles. The molecule has 1 N–H and O–H groups in total. The Balaban J connectivity index is 1.61. The molecule has 6 nitrogen and oxygen atoms in total. The predicted octanol–water partition coefficient (Wildman–Crippen LogP) is 2.57. The highest BCUT2D eigenvalue weighted by Gasteiger charge is 2.16. The number of carbonyl (C=O) groups excluding carboxylic acids is 1. The lowest BCUT2D eigenvalue weighted by Gasteiger charge is -2.19. The third-order valence-corrected chi connectivity index (χ3v) is 4.13. The van der Waals surface area contributed by atoms with Gasteiger partial charge in [0.25, 0.3) is 0 Å². The smallest absolute Gasteiger partial charge is 0.246 e. The first kappa shape index (κ1) is 15.8. The number of rotatable bonds is 4. The van der Waals surface area contributed by atoms with Crippen LogP contribution in [0.1, 0.15) is 16.3 Å². The standard InChI is InChI=1S/C15H14ClN3O3S/c1-9-18-11(8-23-9)6-14(20)19-17-7-10-4-12(16)15-13(5-10)21-2-3-22-15/h4-5,7-8H,2-3,6H2,1H3,(H,19,20)/b17-7-. The summed E-state index contributed by atoms with van der Waals surface area (Å²) in [7, 11) is 0. The number of amides is 1. The molecule has 0 saturated carbocycles. The minimum Gasteiger partial charge on any atom is -0.486 e. The summed E-state index contributed by atoms with van der Waals surface area (Å²) in [5, 5.41) is 7.18. The number of halogens is 1. The van der Waals surface area contributed by atoms with Crippen LogP contribution in [-0.2, 0) is 11.2 Å². The number of hydrogen-bond donors (Lipinski definition) is 1. The molecule has 8 heteroatoms. The van der Waals surface area contributed by atoms with E-state index < -0.39 is 0 Å². The van der Waals surface area contributed by atoms with Crippen molar-refractivity contribution < 1.29 is 14.3 Å². The van der Waals surface area contributed by atoms with Gasteiger partial charge in [0.15, 0.2) is 11.5 Å². The Labute approximate surface area is 142 Å². The SMILES string of the molecule is Cc1nc(CC(=O)N/N=C\c2cc(Cl)c3c(c2)OCCO3)cs1. The van der Waals surface area contributed by atoms with E-state index >= 15 is 0 Å². The second-order valence-electron chi connectivity index (χ2n) is 4.85. The van der Waals surface area contributed by atoms with E-state index in [2.05, 4.69) is 15.5 Å². The van der Waals surface area contributed by atoms with Crippen molar-refractivity contribution in [3.05, 3.63) is 38.8 Å². The zero-order valence-corrected chi connectivity index (χ0v) is 13.9. The molecular formula is C15H14ClN3O3S. The Morgan fingerprint density at radius 1 is 1.48 bits per heavy atom. The van der Waals surface area contributed by atoms with Gasteiger partial charge in [-0.15, -0.1) is 11.3 Å². The first-order valence-corrected chi connectivity index (χ1v) is 8.19. The van der Waals surface area contributed by atoms with Gasteiger partial charge in [0.1, 0.15) is 13.2 Å². The predicted molar refractivity (Wildman–Crippen MR) is 88.7 cm³/mol. The molecule has 2 aromatic rings. The van der Waals surface area contributed by atoms with Crippen LogP contribution in [0.3, 0.4) is 0 Å². The summed E-state index contributed by atoms with van der Waals surface area (Å²) < 4.78 is 10.9. The molecule has 2 heterocycles. The fourth-order valence-electron chi connectivity index (χ4n) is 2.08. The van der Waals surface area contributed by atoms with Crippen LogP contribution in [0.25, 0.3) is 0 Å². The first-order chi connectivity index (χ1) is 11.1. The van der Waals surface area contributed by atoms with Crippen LogP contribution in [0.5, 0.6) is 11.5 Å². The monoisotopic (exact) mass is 351 g/mol. The molecule has 1 aliphatic rings. The van der Waals surface area contributed by atoms with Gasteiger partial charge in [-0.3, -0.25) is 4.79 Å². The van der Waals surface area contributed by atoms with Gasteiger partial charge in [0, 0.05) is 5.38 Å². The number of nitrogens with zero attached hydrogens (tertiary/aromatic N) is 2. The van der Waals surface area contributed by atoms with Crippen LogP contribution in [0.15, 0.2) is 22.6 Å². The maximum atomic E-state index is 11.8. The topological polar surface area (TPSA) is 72.8 Å². The van der Waals surface area contributed by atoms with E-state index in [0.717, 1.165) is 10.7 Å². The second kappa shape index (κ2) is 6.97. The number of aryl methyl sites for hydroxylation is 1. The number of benzene rings is 1. The summed E-state index contributed by atoms with van der Waals surface area (Å²) in [6.07, 6.45) is 1.71. The van der Waals surface area contributed by atoms with Crippen molar-refractivity contribution in [2.75, 3.05) is 13.2 Å². The largest absolute Gasteiger partial charge is 0.486 e. The molecule has 23 heavy (non-hydrogen) atoms. The molecule has 0 radical (unpaired) electrons. The van der Waals surface area contributed by atoms with Gasteiger partial charge in [-0.25, -0.2) is 10.4 Å². The maximum absolute atomic E-state index is 11.8. The molecule has 0 spiro atoms.